The highest BCUT2D eigenvalue weighted by atomic mass is 16.1. The van der Waals surface area contributed by atoms with E-state index in [9.17, 15) is 4.79 Å². The first-order chi connectivity index (χ1) is 15.2. The standard InChI is InChI=1S/C26H30N4O/c1-18-16-24(21-10-6-3-7-11-21)29-25-23(17-27-30(18)25)26(31)28-22-14-12-20(13-15-22)19-8-4-2-5-9-19/h3,6-7,10-15,17-19,24,29H,2,4-5,8-9,16H2,1H3,(H,28,31). The highest BCUT2D eigenvalue weighted by Gasteiger charge is 2.29. The van der Waals surface area contributed by atoms with Gasteiger partial charge in [-0.05, 0) is 55.4 Å². The molecule has 0 radical (unpaired) electrons. The Bertz CT molecular complexity index is 1040. The van der Waals surface area contributed by atoms with Crippen molar-refractivity contribution in [3.8, 4) is 0 Å². The van der Waals surface area contributed by atoms with Crippen LogP contribution >= 0.6 is 0 Å². The topological polar surface area (TPSA) is 59.0 Å². The zero-order valence-corrected chi connectivity index (χ0v) is 18.1. The Morgan fingerprint density at radius 2 is 1.74 bits per heavy atom. The van der Waals surface area contributed by atoms with Crippen LogP contribution in [-0.2, 0) is 0 Å². The van der Waals surface area contributed by atoms with Crippen LogP contribution in [0.5, 0.6) is 0 Å². The fraction of sp³-hybridized carbons (Fsp3) is 0.385. The Morgan fingerprint density at radius 3 is 2.48 bits per heavy atom. The Labute approximate surface area is 183 Å². The van der Waals surface area contributed by atoms with Gasteiger partial charge in [0.2, 0.25) is 0 Å². The summed E-state index contributed by atoms with van der Waals surface area (Å²) in [6, 6.07) is 19.2. The lowest BCUT2D eigenvalue weighted by Crippen LogP contribution is -2.27. The van der Waals surface area contributed by atoms with Crippen molar-refractivity contribution < 1.29 is 4.79 Å². The number of carbonyl (C=O) groups is 1. The van der Waals surface area contributed by atoms with E-state index in [1.54, 1.807) is 6.20 Å². The maximum atomic E-state index is 13.1. The van der Waals surface area contributed by atoms with E-state index in [0.717, 1.165) is 17.9 Å². The van der Waals surface area contributed by atoms with Crippen LogP contribution in [-0.4, -0.2) is 15.7 Å². The molecule has 1 saturated carbocycles. The van der Waals surface area contributed by atoms with Gasteiger partial charge < -0.3 is 10.6 Å². The summed E-state index contributed by atoms with van der Waals surface area (Å²) in [6.45, 7) is 2.15. The molecule has 0 saturated heterocycles. The van der Waals surface area contributed by atoms with Crippen LogP contribution in [0, 0.1) is 0 Å². The van der Waals surface area contributed by atoms with Gasteiger partial charge in [-0.15, -0.1) is 0 Å². The zero-order chi connectivity index (χ0) is 21.2. The first-order valence-corrected chi connectivity index (χ1v) is 11.5. The summed E-state index contributed by atoms with van der Waals surface area (Å²) in [4.78, 5) is 13.1. The molecule has 3 aromatic rings. The van der Waals surface area contributed by atoms with Gasteiger partial charge in [0.1, 0.15) is 11.4 Å². The van der Waals surface area contributed by atoms with Gasteiger partial charge in [-0.3, -0.25) is 4.79 Å². The van der Waals surface area contributed by atoms with Crippen LogP contribution < -0.4 is 10.6 Å². The summed E-state index contributed by atoms with van der Waals surface area (Å²) in [6.07, 6.45) is 9.18. The Morgan fingerprint density at radius 1 is 1.00 bits per heavy atom. The van der Waals surface area contributed by atoms with Crippen molar-refractivity contribution in [3.05, 3.63) is 77.5 Å². The molecule has 1 aliphatic carbocycles. The van der Waals surface area contributed by atoms with Gasteiger partial charge in [0.05, 0.1) is 18.3 Å². The number of rotatable bonds is 4. The minimum Gasteiger partial charge on any atom is -0.363 e. The Hall–Kier alpha value is -3.08. The van der Waals surface area contributed by atoms with Crippen LogP contribution in [0.2, 0.25) is 0 Å². The summed E-state index contributed by atoms with van der Waals surface area (Å²) < 4.78 is 1.93. The predicted octanol–water partition coefficient (Wildman–Crippen LogP) is 6.30. The first kappa shape index (κ1) is 19.9. The van der Waals surface area contributed by atoms with E-state index >= 15 is 0 Å². The molecule has 1 fully saturated rings. The van der Waals surface area contributed by atoms with E-state index in [4.69, 9.17) is 0 Å². The molecule has 160 valence electrons. The first-order valence-electron chi connectivity index (χ1n) is 11.5. The van der Waals surface area contributed by atoms with Crippen LogP contribution in [0.1, 0.15) is 84.9 Å². The fourth-order valence-corrected chi connectivity index (χ4v) is 5.05. The average Bonchev–Trinajstić information content (AvgIpc) is 3.26. The quantitative estimate of drug-likeness (QED) is 0.526. The number of fused-ring (bicyclic) bond motifs is 1. The van der Waals surface area contributed by atoms with Crippen molar-refractivity contribution >= 4 is 17.4 Å². The number of nitrogens with zero attached hydrogens (tertiary/aromatic N) is 2. The maximum Gasteiger partial charge on any atom is 0.261 e. The molecule has 1 amide bonds. The monoisotopic (exact) mass is 414 g/mol. The van der Waals surface area contributed by atoms with Gasteiger partial charge in [-0.1, -0.05) is 61.7 Å². The molecule has 1 aromatic heterocycles. The maximum absolute atomic E-state index is 13.1. The third-order valence-electron chi connectivity index (χ3n) is 6.79. The van der Waals surface area contributed by atoms with Gasteiger partial charge in [0.25, 0.3) is 5.91 Å². The summed E-state index contributed by atoms with van der Waals surface area (Å²) in [5.41, 5.74) is 4.03. The normalized spacial score (nSPS) is 21.2. The van der Waals surface area contributed by atoms with Crippen molar-refractivity contribution in [2.75, 3.05) is 10.6 Å². The van der Waals surface area contributed by atoms with Crippen LogP contribution in [0.4, 0.5) is 11.5 Å². The minimum absolute atomic E-state index is 0.125. The van der Waals surface area contributed by atoms with Crippen molar-refractivity contribution in [2.24, 2.45) is 0 Å². The molecular weight excluding hydrogens is 384 g/mol. The number of aromatic nitrogens is 2. The molecule has 0 spiro atoms. The van der Waals surface area contributed by atoms with E-state index in [-0.39, 0.29) is 18.0 Å². The number of benzene rings is 2. The summed E-state index contributed by atoms with van der Waals surface area (Å²) in [7, 11) is 0. The number of amides is 1. The molecule has 2 aromatic carbocycles. The number of anilines is 2. The highest BCUT2D eigenvalue weighted by molar-refractivity contribution is 6.07. The molecule has 2 unspecified atom stereocenters. The fourth-order valence-electron chi connectivity index (χ4n) is 5.05. The SMILES string of the molecule is CC1CC(c2ccccc2)Nc2c(C(=O)Nc3ccc(C4CCCCC4)cc3)cnn21. The second-order valence-corrected chi connectivity index (χ2v) is 8.95. The number of hydrogen-bond acceptors (Lipinski definition) is 3. The molecule has 2 aliphatic rings. The van der Waals surface area contributed by atoms with Gasteiger partial charge >= 0.3 is 0 Å². The van der Waals surface area contributed by atoms with E-state index in [1.165, 1.54) is 43.2 Å². The highest BCUT2D eigenvalue weighted by Crippen LogP contribution is 2.37. The Balaban J connectivity index is 1.32. The third kappa shape index (κ3) is 4.09. The smallest absolute Gasteiger partial charge is 0.261 e. The van der Waals surface area contributed by atoms with E-state index in [2.05, 4.69) is 59.1 Å². The molecular formula is C26H30N4O. The van der Waals surface area contributed by atoms with Crippen molar-refractivity contribution in [1.82, 2.24) is 9.78 Å². The molecule has 31 heavy (non-hydrogen) atoms. The van der Waals surface area contributed by atoms with E-state index < -0.39 is 0 Å². The van der Waals surface area contributed by atoms with Gasteiger partial charge in [-0.2, -0.15) is 5.10 Å². The molecule has 1 aliphatic heterocycles. The van der Waals surface area contributed by atoms with Crippen LogP contribution in [0.3, 0.4) is 0 Å². The lowest BCUT2D eigenvalue weighted by molar-refractivity contribution is 0.102. The third-order valence-corrected chi connectivity index (χ3v) is 6.79. The molecule has 5 nitrogen and oxygen atoms in total. The zero-order valence-electron chi connectivity index (χ0n) is 18.1. The molecule has 5 heteroatoms. The van der Waals surface area contributed by atoms with Crippen molar-refractivity contribution in [3.63, 3.8) is 0 Å². The average molecular weight is 415 g/mol. The molecule has 5 rings (SSSR count). The van der Waals surface area contributed by atoms with E-state index in [1.807, 2.05) is 22.9 Å². The van der Waals surface area contributed by atoms with Gasteiger partial charge in [0, 0.05) is 5.69 Å². The predicted molar refractivity (Wildman–Crippen MR) is 125 cm³/mol. The van der Waals surface area contributed by atoms with Gasteiger partial charge in [0.15, 0.2) is 0 Å². The summed E-state index contributed by atoms with van der Waals surface area (Å²) in [5, 5.41) is 11.1. The second-order valence-electron chi connectivity index (χ2n) is 8.95. The molecule has 0 bridgehead atoms. The number of hydrogen-bond donors (Lipinski definition) is 2. The second kappa shape index (κ2) is 8.58. The lowest BCUT2D eigenvalue weighted by atomic mass is 9.84. The minimum atomic E-state index is -0.125. The summed E-state index contributed by atoms with van der Waals surface area (Å²) >= 11 is 0. The Kier molecular flexibility index (Phi) is 5.49. The largest absolute Gasteiger partial charge is 0.363 e. The summed E-state index contributed by atoms with van der Waals surface area (Å²) in [5.74, 6) is 1.34. The van der Waals surface area contributed by atoms with Crippen molar-refractivity contribution in [1.29, 1.82) is 0 Å². The lowest BCUT2D eigenvalue weighted by Gasteiger charge is -2.31. The molecule has 2 atom stereocenters. The number of nitrogens with one attached hydrogen (secondary N) is 2. The number of carbonyl (C=O) groups excluding carboxylic acids is 1. The van der Waals surface area contributed by atoms with Crippen molar-refractivity contribution in [2.45, 2.75) is 63.5 Å². The van der Waals surface area contributed by atoms with Crippen LogP contribution in [0.25, 0.3) is 0 Å². The van der Waals surface area contributed by atoms with E-state index in [0.29, 0.717) is 11.5 Å². The molecule has 2 N–H and O–H groups in total. The molecule has 2 heterocycles. The van der Waals surface area contributed by atoms with Crippen LogP contribution in [0.15, 0.2) is 60.8 Å². The van der Waals surface area contributed by atoms with Gasteiger partial charge in [-0.25, -0.2) is 4.68 Å².